The number of carbonyl (C=O) groups is 1. The zero-order chi connectivity index (χ0) is 13.0. The van der Waals surface area contributed by atoms with Gasteiger partial charge in [-0.3, -0.25) is 4.79 Å². The van der Waals surface area contributed by atoms with E-state index in [1.807, 2.05) is 11.0 Å². The van der Waals surface area contributed by atoms with Crippen molar-refractivity contribution in [1.82, 2.24) is 10.3 Å². The average molecular weight is 246 g/mol. The summed E-state index contributed by atoms with van der Waals surface area (Å²) >= 11 is 0. The second-order valence-corrected chi connectivity index (χ2v) is 3.90. The predicted molar refractivity (Wildman–Crippen MR) is 65.0 cm³/mol. The first-order valence-electron chi connectivity index (χ1n) is 5.69. The van der Waals surface area contributed by atoms with Crippen molar-refractivity contribution in [3.8, 4) is 6.07 Å². The highest BCUT2D eigenvalue weighted by molar-refractivity contribution is 5.81. The Kier molecular flexibility index (Phi) is 3.75. The minimum absolute atomic E-state index is 0.151. The highest BCUT2D eigenvalue weighted by Gasteiger charge is 2.27. The van der Waals surface area contributed by atoms with Crippen molar-refractivity contribution in [3.05, 3.63) is 24.0 Å². The lowest BCUT2D eigenvalue weighted by atomic mass is 10.2. The first kappa shape index (κ1) is 12.3. The van der Waals surface area contributed by atoms with E-state index < -0.39 is 6.10 Å². The molecule has 6 nitrogen and oxygen atoms in total. The lowest BCUT2D eigenvalue weighted by Crippen LogP contribution is -2.49. The van der Waals surface area contributed by atoms with Gasteiger partial charge in [-0.2, -0.15) is 5.26 Å². The van der Waals surface area contributed by atoms with Crippen LogP contribution in [0.5, 0.6) is 0 Å². The van der Waals surface area contributed by atoms with Crippen LogP contribution in [-0.4, -0.2) is 43.7 Å². The first-order chi connectivity index (χ1) is 8.76. The van der Waals surface area contributed by atoms with E-state index in [-0.39, 0.29) is 5.91 Å². The SMILES string of the molecule is CNC(=O)C1CN(c2cccnc2C#N)CCO1. The van der Waals surface area contributed by atoms with E-state index in [9.17, 15) is 4.79 Å². The van der Waals surface area contributed by atoms with Gasteiger partial charge in [0.25, 0.3) is 5.91 Å². The molecule has 0 spiro atoms. The van der Waals surface area contributed by atoms with Crippen LogP contribution in [0.2, 0.25) is 0 Å². The van der Waals surface area contributed by atoms with Crippen LogP contribution in [0.15, 0.2) is 18.3 Å². The van der Waals surface area contributed by atoms with Gasteiger partial charge in [-0.05, 0) is 12.1 Å². The Morgan fingerprint density at radius 1 is 1.72 bits per heavy atom. The molecule has 94 valence electrons. The molecule has 1 fully saturated rings. The van der Waals surface area contributed by atoms with Gasteiger partial charge in [0.1, 0.15) is 6.07 Å². The van der Waals surface area contributed by atoms with Crippen LogP contribution in [-0.2, 0) is 9.53 Å². The largest absolute Gasteiger partial charge is 0.365 e. The summed E-state index contributed by atoms with van der Waals surface area (Å²) in [5.74, 6) is -0.151. The van der Waals surface area contributed by atoms with Crippen LogP contribution in [0.25, 0.3) is 0 Å². The predicted octanol–water partition coefficient (Wildman–Crippen LogP) is -0.0955. The standard InChI is InChI=1S/C12H14N4O2/c1-14-12(17)11-8-16(5-6-18-11)10-3-2-4-15-9(10)7-13/h2-4,11H,5-6,8H2,1H3,(H,14,17). The topological polar surface area (TPSA) is 78.3 Å². The number of rotatable bonds is 2. The summed E-state index contributed by atoms with van der Waals surface area (Å²) in [5.41, 5.74) is 1.12. The van der Waals surface area contributed by atoms with Crippen LogP contribution in [0.3, 0.4) is 0 Å². The third kappa shape index (κ3) is 2.41. The number of amides is 1. The summed E-state index contributed by atoms with van der Waals surface area (Å²) in [6, 6.07) is 5.67. The molecule has 0 aliphatic carbocycles. The molecule has 1 atom stereocenters. The second-order valence-electron chi connectivity index (χ2n) is 3.90. The average Bonchev–Trinajstić information content (AvgIpc) is 2.46. The van der Waals surface area contributed by atoms with Crippen LogP contribution >= 0.6 is 0 Å². The lowest BCUT2D eigenvalue weighted by molar-refractivity contribution is -0.132. The van der Waals surface area contributed by atoms with Crippen molar-refractivity contribution >= 4 is 11.6 Å². The van der Waals surface area contributed by atoms with E-state index in [4.69, 9.17) is 10.00 Å². The number of likely N-dealkylation sites (N-methyl/N-ethyl adjacent to an activating group) is 1. The summed E-state index contributed by atoms with van der Waals surface area (Å²) in [5, 5.41) is 11.6. The molecule has 0 saturated carbocycles. The van der Waals surface area contributed by atoms with Gasteiger partial charge in [0.05, 0.1) is 18.8 Å². The monoisotopic (exact) mass is 246 g/mol. The Balaban J connectivity index is 2.18. The number of nitrogens with zero attached hydrogens (tertiary/aromatic N) is 3. The van der Waals surface area contributed by atoms with E-state index >= 15 is 0 Å². The molecule has 1 saturated heterocycles. The molecular formula is C12H14N4O2. The van der Waals surface area contributed by atoms with Crippen LogP contribution in [0.1, 0.15) is 5.69 Å². The van der Waals surface area contributed by atoms with Gasteiger partial charge in [-0.25, -0.2) is 4.98 Å². The molecule has 1 N–H and O–H groups in total. The highest BCUT2D eigenvalue weighted by Crippen LogP contribution is 2.20. The highest BCUT2D eigenvalue weighted by atomic mass is 16.5. The number of nitriles is 1. The van der Waals surface area contributed by atoms with E-state index in [0.29, 0.717) is 25.4 Å². The minimum atomic E-state index is -0.504. The smallest absolute Gasteiger partial charge is 0.250 e. The molecule has 6 heteroatoms. The zero-order valence-corrected chi connectivity index (χ0v) is 10.1. The molecule has 0 bridgehead atoms. The summed E-state index contributed by atoms with van der Waals surface area (Å²) in [4.78, 5) is 17.5. The van der Waals surface area contributed by atoms with E-state index in [2.05, 4.69) is 16.4 Å². The van der Waals surface area contributed by atoms with Gasteiger partial charge >= 0.3 is 0 Å². The van der Waals surface area contributed by atoms with E-state index in [1.54, 1.807) is 19.3 Å². The van der Waals surface area contributed by atoms with Gasteiger partial charge in [-0.15, -0.1) is 0 Å². The Hall–Kier alpha value is -2.13. The number of morpholine rings is 1. The number of ether oxygens (including phenoxy) is 1. The van der Waals surface area contributed by atoms with E-state index in [1.165, 1.54) is 0 Å². The fourth-order valence-electron chi connectivity index (χ4n) is 1.93. The molecule has 1 aliphatic heterocycles. The van der Waals surface area contributed by atoms with Crippen molar-refractivity contribution in [1.29, 1.82) is 5.26 Å². The van der Waals surface area contributed by atoms with Gasteiger partial charge < -0.3 is 15.0 Å². The summed E-state index contributed by atoms with van der Waals surface area (Å²) < 4.78 is 5.40. The van der Waals surface area contributed by atoms with Crippen molar-refractivity contribution in [3.63, 3.8) is 0 Å². The molecule has 2 rings (SSSR count). The Morgan fingerprint density at radius 3 is 3.28 bits per heavy atom. The Labute approximate surface area is 105 Å². The number of pyridine rings is 1. The fourth-order valence-corrected chi connectivity index (χ4v) is 1.93. The van der Waals surface area contributed by atoms with Crippen LogP contribution in [0, 0.1) is 11.3 Å². The molecule has 0 radical (unpaired) electrons. The first-order valence-corrected chi connectivity index (χ1v) is 5.69. The van der Waals surface area contributed by atoms with Gasteiger partial charge in [0, 0.05) is 19.8 Å². The third-order valence-electron chi connectivity index (χ3n) is 2.84. The zero-order valence-electron chi connectivity index (χ0n) is 10.1. The number of carbonyl (C=O) groups excluding carboxylic acids is 1. The quantitative estimate of drug-likeness (QED) is 0.788. The summed E-state index contributed by atoms with van der Waals surface area (Å²) in [7, 11) is 1.58. The van der Waals surface area contributed by atoms with Gasteiger partial charge in [0.15, 0.2) is 11.8 Å². The Bertz CT molecular complexity index is 483. The molecule has 0 aromatic carbocycles. The maximum absolute atomic E-state index is 11.6. The van der Waals surface area contributed by atoms with Crippen molar-refractivity contribution in [2.75, 3.05) is 31.6 Å². The molecule has 1 aromatic heterocycles. The third-order valence-corrected chi connectivity index (χ3v) is 2.84. The summed E-state index contributed by atoms with van der Waals surface area (Å²) in [6.07, 6.45) is 1.08. The molecule has 1 unspecified atom stereocenters. The molecule has 18 heavy (non-hydrogen) atoms. The van der Waals surface area contributed by atoms with E-state index in [0.717, 1.165) is 5.69 Å². The number of hydrogen-bond acceptors (Lipinski definition) is 5. The maximum atomic E-state index is 11.6. The van der Waals surface area contributed by atoms with Crippen LogP contribution < -0.4 is 10.2 Å². The normalized spacial score (nSPS) is 19.1. The van der Waals surface area contributed by atoms with Crippen LogP contribution in [0.4, 0.5) is 5.69 Å². The molecular weight excluding hydrogens is 232 g/mol. The van der Waals surface area contributed by atoms with Crippen molar-refractivity contribution < 1.29 is 9.53 Å². The van der Waals surface area contributed by atoms with Gasteiger partial charge in [0.2, 0.25) is 0 Å². The second kappa shape index (κ2) is 5.47. The molecule has 1 amide bonds. The number of hydrogen-bond donors (Lipinski definition) is 1. The number of anilines is 1. The number of nitrogens with one attached hydrogen (secondary N) is 1. The maximum Gasteiger partial charge on any atom is 0.250 e. The molecule has 1 aliphatic rings. The van der Waals surface area contributed by atoms with Gasteiger partial charge in [-0.1, -0.05) is 0 Å². The summed E-state index contributed by atoms with van der Waals surface area (Å²) in [6.45, 7) is 1.53. The molecule has 2 heterocycles. The number of aromatic nitrogens is 1. The fraction of sp³-hybridized carbons (Fsp3) is 0.417. The molecule has 1 aromatic rings. The minimum Gasteiger partial charge on any atom is -0.365 e. The van der Waals surface area contributed by atoms with Crippen molar-refractivity contribution in [2.45, 2.75) is 6.10 Å². The Morgan fingerprint density at radius 2 is 2.56 bits per heavy atom. The van der Waals surface area contributed by atoms with Crippen molar-refractivity contribution in [2.24, 2.45) is 0 Å². The lowest BCUT2D eigenvalue weighted by Gasteiger charge is -2.33.